The van der Waals surface area contributed by atoms with Crippen molar-refractivity contribution in [2.24, 2.45) is 0 Å². The molecule has 2 aromatic rings. The fraction of sp³-hybridized carbons (Fsp3) is 0.474. The van der Waals surface area contributed by atoms with E-state index in [4.69, 9.17) is 4.98 Å². The Morgan fingerprint density at radius 3 is 2.83 bits per heavy atom. The summed E-state index contributed by atoms with van der Waals surface area (Å²) in [6.45, 7) is 5.16. The van der Waals surface area contributed by atoms with Gasteiger partial charge in [-0.3, -0.25) is 4.79 Å². The molecule has 0 aliphatic carbocycles. The number of hydrogen-bond donors (Lipinski definition) is 1. The molecular weight excluding hydrogens is 318 g/mol. The Kier molecular flexibility index (Phi) is 5.31. The quantitative estimate of drug-likeness (QED) is 0.898. The number of benzene rings is 1. The highest BCUT2D eigenvalue weighted by atomic mass is 32.1. The second-order valence-corrected chi connectivity index (χ2v) is 7.54. The molecule has 3 rings (SSSR count). The average molecular weight is 343 g/mol. The molecule has 4 nitrogen and oxygen atoms in total. The summed E-state index contributed by atoms with van der Waals surface area (Å²) >= 11 is 1.69. The molecule has 1 aliphatic heterocycles. The van der Waals surface area contributed by atoms with Crippen molar-refractivity contribution >= 4 is 17.2 Å². The van der Waals surface area contributed by atoms with E-state index in [0.717, 1.165) is 29.2 Å². The van der Waals surface area contributed by atoms with Crippen molar-refractivity contribution in [2.45, 2.75) is 45.2 Å². The second-order valence-electron chi connectivity index (χ2n) is 6.51. The number of nitrogens with one attached hydrogen (secondary N) is 1. The Hall–Kier alpha value is -1.72. The van der Waals surface area contributed by atoms with Gasteiger partial charge in [0.05, 0.1) is 16.6 Å². The van der Waals surface area contributed by atoms with Gasteiger partial charge in [-0.25, -0.2) is 4.98 Å². The van der Waals surface area contributed by atoms with E-state index in [2.05, 4.69) is 24.4 Å². The molecule has 1 amide bonds. The summed E-state index contributed by atoms with van der Waals surface area (Å²) in [6, 6.07) is 10.6. The van der Waals surface area contributed by atoms with Crippen LogP contribution in [0.25, 0.3) is 10.6 Å². The van der Waals surface area contributed by atoms with Crippen molar-refractivity contribution in [1.82, 2.24) is 15.2 Å². The molecule has 0 bridgehead atoms. The number of carbonyl (C=O) groups excluding carboxylic acids is 1. The molecule has 1 aromatic heterocycles. The molecule has 5 heteroatoms. The van der Waals surface area contributed by atoms with Crippen molar-refractivity contribution < 1.29 is 4.79 Å². The highest BCUT2D eigenvalue weighted by Gasteiger charge is 2.25. The van der Waals surface area contributed by atoms with Crippen LogP contribution in [-0.4, -0.2) is 35.4 Å². The van der Waals surface area contributed by atoms with Crippen LogP contribution in [0.15, 0.2) is 30.3 Å². The maximum absolute atomic E-state index is 12.6. The van der Waals surface area contributed by atoms with Crippen LogP contribution >= 0.6 is 11.3 Å². The number of aryl methyl sites for hydroxylation is 1. The zero-order valence-corrected chi connectivity index (χ0v) is 15.4. The summed E-state index contributed by atoms with van der Waals surface area (Å²) in [5, 5.41) is 4.42. The SMILES string of the molecule is Cc1nc(-c2ccccc2)sc1C(C)N(C)C(=O)CC1CCCN1. The second kappa shape index (κ2) is 7.45. The summed E-state index contributed by atoms with van der Waals surface area (Å²) in [5.74, 6) is 0.205. The molecule has 0 saturated carbocycles. The van der Waals surface area contributed by atoms with Crippen LogP contribution in [0.4, 0.5) is 0 Å². The minimum absolute atomic E-state index is 0.0499. The number of rotatable bonds is 5. The van der Waals surface area contributed by atoms with E-state index in [1.165, 1.54) is 11.3 Å². The van der Waals surface area contributed by atoms with Gasteiger partial charge in [-0.15, -0.1) is 11.3 Å². The third kappa shape index (κ3) is 3.68. The normalized spacial score (nSPS) is 18.5. The van der Waals surface area contributed by atoms with E-state index in [0.29, 0.717) is 12.5 Å². The van der Waals surface area contributed by atoms with Crippen molar-refractivity contribution in [1.29, 1.82) is 0 Å². The molecule has 1 fully saturated rings. The number of aromatic nitrogens is 1. The average Bonchev–Trinajstić information content (AvgIpc) is 3.24. The van der Waals surface area contributed by atoms with Crippen molar-refractivity contribution in [2.75, 3.05) is 13.6 Å². The number of amides is 1. The lowest BCUT2D eigenvalue weighted by Gasteiger charge is -2.25. The molecule has 24 heavy (non-hydrogen) atoms. The molecule has 0 spiro atoms. The van der Waals surface area contributed by atoms with E-state index in [9.17, 15) is 4.79 Å². The summed E-state index contributed by atoms with van der Waals surface area (Å²) in [5.41, 5.74) is 2.15. The van der Waals surface area contributed by atoms with E-state index in [-0.39, 0.29) is 11.9 Å². The Bertz CT molecular complexity index is 692. The Balaban J connectivity index is 1.73. The lowest BCUT2D eigenvalue weighted by Crippen LogP contribution is -2.34. The maximum atomic E-state index is 12.6. The molecule has 1 saturated heterocycles. The third-order valence-corrected chi connectivity index (χ3v) is 6.17. The number of carbonyl (C=O) groups is 1. The first-order valence-corrected chi connectivity index (χ1v) is 9.39. The van der Waals surface area contributed by atoms with Gasteiger partial charge >= 0.3 is 0 Å². The summed E-state index contributed by atoms with van der Waals surface area (Å²) in [4.78, 5) is 20.3. The van der Waals surface area contributed by atoms with Gasteiger partial charge in [0.2, 0.25) is 5.91 Å². The molecule has 128 valence electrons. The minimum atomic E-state index is 0.0499. The summed E-state index contributed by atoms with van der Waals surface area (Å²) in [6.07, 6.45) is 2.86. The molecule has 1 aliphatic rings. The standard InChI is InChI=1S/C19H25N3OS/c1-13-18(24-19(21-13)15-8-5-4-6-9-15)14(2)22(3)17(23)12-16-10-7-11-20-16/h4-6,8-9,14,16,20H,7,10-12H2,1-3H3. The van der Waals surface area contributed by atoms with E-state index in [1.807, 2.05) is 37.1 Å². The van der Waals surface area contributed by atoms with Crippen LogP contribution in [-0.2, 0) is 4.79 Å². The molecule has 1 aromatic carbocycles. The molecule has 2 atom stereocenters. The van der Waals surface area contributed by atoms with Gasteiger partial charge in [0, 0.05) is 25.1 Å². The van der Waals surface area contributed by atoms with Crippen LogP contribution in [0.2, 0.25) is 0 Å². The van der Waals surface area contributed by atoms with Crippen LogP contribution in [0.5, 0.6) is 0 Å². The predicted octanol–water partition coefficient (Wildman–Crippen LogP) is 3.78. The predicted molar refractivity (Wildman–Crippen MR) is 99.1 cm³/mol. The van der Waals surface area contributed by atoms with Gasteiger partial charge in [-0.1, -0.05) is 30.3 Å². The summed E-state index contributed by atoms with van der Waals surface area (Å²) < 4.78 is 0. The molecule has 0 radical (unpaired) electrons. The first-order valence-electron chi connectivity index (χ1n) is 8.58. The maximum Gasteiger partial charge on any atom is 0.224 e. The third-order valence-electron chi connectivity index (χ3n) is 4.79. The monoisotopic (exact) mass is 343 g/mol. The molecule has 2 heterocycles. The van der Waals surface area contributed by atoms with Gasteiger partial charge in [0.25, 0.3) is 0 Å². The van der Waals surface area contributed by atoms with Gasteiger partial charge < -0.3 is 10.2 Å². The molecule has 1 N–H and O–H groups in total. The lowest BCUT2D eigenvalue weighted by molar-refractivity contribution is -0.132. The van der Waals surface area contributed by atoms with Crippen molar-refractivity contribution in [3.63, 3.8) is 0 Å². The first-order chi connectivity index (χ1) is 11.6. The number of hydrogen-bond acceptors (Lipinski definition) is 4. The fourth-order valence-electron chi connectivity index (χ4n) is 3.18. The van der Waals surface area contributed by atoms with Crippen LogP contribution in [0, 0.1) is 6.92 Å². The zero-order chi connectivity index (χ0) is 17.1. The topological polar surface area (TPSA) is 45.2 Å². The largest absolute Gasteiger partial charge is 0.338 e. The van der Waals surface area contributed by atoms with E-state index >= 15 is 0 Å². The van der Waals surface area contributed by atoms with E-state index in [1.54, 1.807) is 11.3 Å². The number of thiazole rings is 1. The van der Waals surface area contributed by atoms with E-state index < -0.39 is 0 Å². The van der Waals surface area contributed by atoms with Crippen LogP contribution in [0.1, 0.15) is 42.8 Å². The Labute approximate surface area is 147 Å². The number of nitrogens with zero attached hydrogens (tertiary/aromatic N) is 2. The van der Waals surface area contributed by atoms with Crippen LogP contribution in [0.3, 0.4) is 0 Å². The Morgan fingerprint density at radius 2 is 2.17 bits per heavy atom. The molecule has 2 unspecified atom stereocenters. The minimum Gasteiger partial charge on any atom is -0.338 e. The fourth-order valence-corrected chi connectivity index (χ4v) is 4.34. The Morgan fingerprint density at radius 1 is 1.42 bits per heavy atom. The molecular formula is C19H25N3OS. The smallest absolute Gasteiger partial charge is 0.224 e. The van der Waals surface area contributed by atoms with Gasteiger partial charge in [-0.05, 0) is 33.2 Å². The van der Waals surface area contributed by atoms with Gasteiger partial charge in [0.15, 0.2) is 0 Å². The van der Waals surface area contributed by atoms with Crippen molar-refractivity contribution in [3.05, 3.63) is 40.9 Å². The van der Waals surface area contributed by atoms with Crippen molar-refractivity contribution in [3.8, 4) is 10.6 Å². The zero-order valence-electron chi connectivity index (χ0n) is 14.6. The summed E-state index contributed by atoms with van der Waals surface area (Å²) in [7, 11) is 1.91. The van der Waals surface area contributed by atoms with Crippen LogP contribution < -0.4 is 5.32 Å². The van der Waals surface area contributed by atoms with Gasteiger partial charge in [0.1, 0.15) is 5.01 Å². The lowest BCUT2D eigenvalue weighted by atomic mass is 10.1. The highest BCUT2D eigenvalue weighted by Crippen LogP contribution is 2.34. The van der Waals surface area contributed by atoms with Gasteiger partial charge in [-0.2, -0.15) is 0 Å². The highest BCUT2D eigenvalue weighted by molar-refractivity contribution is 7.15. The first kappa shape index (κ1) is 17.1.